The quantitative estimate of drug-likeness (QED) is 0.464. The van der Waals surface area contributed by atoms with Gasteiger partial charge in [-0.15, -0.1) is 10.2 Å². The lowest BCUT2D eigenvalue weighted by Gasteiger charge is -2.10. The van der Waals surface area contributed by atoms with Crippen LogP contribution in [-0.4, -0.2) is 41.2 Å². The van der Waals surface area contributed by atoms with Crippen LogP contribution in [0.1, 0.15) is 11.4 Å². The van der Waals surface area contributed by atoms with E-state index in [1.54, 1.807) is 33.8 Å². The smallest absolute Gasteiger partial charge is 0.234 e. The van der Waals surface area contributed by atoms with Gasteiger partial charge in [-0.1, -0.05) is 11.8 Å². The number of nitrogens with one attached hydrogen (secondary N) is 1. The van der Waals surface area contributed by atoms with Gasteiger partial charge in [0.25, 0.3) is 0 Å². The minimum atomic E-state index is -0.335. The summed E-state index contributed by atoms with van der Waals surface area (Å²) in [6.07, 6.45) is 3.33. The molecule has 31 heavy (non-hydrogen) atoms. The fourth-order valence-electron chi connectivity index (χ4n) is 3.13. The van der Waals surface area contributed by atoms with Crippen molar-refractivity contribution in [3.63, 3.8) is 0 Å². The average molecular weight is 438 g/mol. The number of pyridine rings is 1. The van der Waals surface area contributed by atoms with Crippen LogP contribution in [-0.2, 0) is 11.8 Å². The highest BCUT2D eigenvalue weighted by atomic mass is 32.2. The van der Waals surface area contributed by atoms with Gasteiger partial charge in [-0.25, -0.2) is 4.39 Å². The molecule has 1 amide bonds. The van der Waals surface area contributed by atoms with Crippen molar-refractivity contribution < 1.29 is 9.18 Å². The molecule has 0 aliphatic heterocycles. The Morgan fingerprint density at radius 3 is 2.45 bits per heavy atom. The zero-order valence-electron chi connectivity index (χ0n) is 17.2. The van der Waals surface area contributed by atoms with Crippen molar-refractivity contribution in [3.05, 3.63) is 66.0 Å². The lowest BCUT2D eigenvalue weighted by Crippen LogP contribution is -2.15. The number of anilines is 1. The molecular formula is C21H20FN7OS. The third-order valence-corrected chi connectivity index (χ3v) is 5.69. The van der Waals surface area contributed by atoms with E-state index in [0.717, 1.165) is 17.0 Å². The number of rotatable bonds is 6. The van der Waals surface area contributed by atoms with Gasteiger partial charge in [-0.05, 0) is 50.2 Å². The number of carbonyl (C=O) groups excluding carboxylic acids is 1. The molecule has 1 N–H and O–H groups in total. The van der Waals surface area contributed by atoms with Gasteiger partial charge in [0.05, 0.1) is 22.8 Å². The van der Waals surface area contributed by atoms with Crippen LogP contribution in [0.15, 0.2) is 53.9 Å². The van der Waals surface area contributed by atoms with E-state index in [1.165, 1.54) is 23.9 Å². The molecule has 10 heteroatoms. The second kappa shape index (κ2) is 8.68. The summed E-state index contributed by atoms with van der Waals surface area (Å²) in [4.78, 5) is 16.6. The van der Waals surface area contributed by atoms with E-state index in [1.807, 2.05) is 33.0 Å². The molecule has 0 saturated heterocycles. The number of hydrogen-bond acceptors (Lipinski definition) is 6. The molecule has 0 unspecified atom stereocenters. The largest absolute Gasteiger partial charge is 0.322 e. The number of aromatic nitrogens is 6. The summed E-state index contributed by atoms with van der Waals surface area (Å²) in [6.45, 7) is 3.75. The minimum absolute atomic E-state index is 0.128. The number of thioether (sulfide) groups is 1. The van der Waals surface area contributed by atoms with E-state index in [2.05, 4.69) is 25.6 Å². The van der Waals surface area contributed by atoms with Crippen LogP contribution in [0.4, 0.5) is 10.1 Å². The van der Waals surface area contributed by atoms with Gasteiger partial charge in [0.2, 0.25) is 5.91 Å². The summed E-state index contributed by atoms with van der Waals surface area (Å²) >= 11 is 1.25. The summed E-state index contributed by atoms with van der Waals surface area (Å²) in [5.41, 5.74) is 3.86. The van der Waals surface area contributed by atoms with Gasteiger partial charge in [0.15, 0.2) is 11.0 Å². The van der Waals surface area contributed by atoms with Crippen LogP contribution in [0.3, 0.4) is 0 Å². The summed E-state index contributed by atoms with van der Waals surface area (Å²) in [6, 6.07) is 9.69. The molecule has 0 bridgehead atoms. The maximum absolute atomic E-state index is 13.5. The van der Waals surface area contributed by atoms with E-state index in [4.69, 9.17) is 0 Å². The van der Waals surface area contributed by atoms with Crippen molar-refractivity contribution in [2.24, 2.45) is 7.05 Å². The Hall–Kier alpha value is -3.53. The van der Waals surface area contributed by atoms with Crippen molar-refractivity contribution in [2.45, 2.75) is 19.0 Å². The van der Waals surface area contributed by atoms with Gasteiger partial charge in [0, 0.05) is 30.7 Å². The molecule has 1 aromatic carbocycles. The minimum Gasteiger partial charge on any atom is -0.322 e. The zero-order chi connectivity index (χ0) is 22.0. The molecule has 0 atom stereocenters. The number of aryl methyl sites for hydroxylation is 2. The third kappa shape index (κ3) is 4.33. The van der Waals surface area contributed by atoms with E-state index in [0.29, 0.717) is 22.4 Å². The first-order chi connectivity index (χ1) is 14.9. The number of benzene rings is 1. The number of carbonyl (C=O) groups is 1. The number of amides is 1. The second-order valence-corrected chi connectivity index (χ2v) is 7.80. The van der Waals surface area contributed by atoms with Gasteiger partial charge in [-0.2, -0.15) is 5.10 Å². The van der Waals surface area contributed by atoms with Gasteiger partial charge in [-0.3, -0.25) is 19.0 Å². The Morgan fingerprint density at radius 2 is 1.81 bits per heavy atom. The summed E-state index contributed by atoms with van der Waals surface area (Å²) in [5.74, 6) is 0.195. The van der Waals surface area contributed by atoms with Crippen molar-refractivity contribution in [1.82, 2.24) is 29.5 Å². The highest BCUT2D eigenvalue weighted by Crippen LogP contribution is 2.28. The first kappa shape index (κ1) is 20.7. The van der Waals surface area contributed by atoms with Crippen LogP contribution in [0.25, 0.3) is 17.1 Å². The number of hydrogen-bond donors (Lipinski definition) is 1. The van der Waals surface area contributed by atoms with Crippen molar-refractivity contribution in [3.8, 4) is 17.1 Å². The summed E-state index contributed by atoms with van der Waals surface area (Å²) in [7, 11) is 1.83. The molecule has 0 aliphatic rings. The first-order valence-electron chi connectivity index (χ1n) is 9.48. The maximum atomic E-state index is 13.5. The van der Waals surface area contributed by atoms with Crippen LogP contribution in [0.5, 0.6) is 0 Å². The molecule has 3 heterocycles. The average Bonchev–Trinajstić information content (AvgIpc) is 3.30. The number of halogens is 1. The molecule has 4 rings (SSSR count). The standard InChI is InChI=1S/C21H20FN7OS/c1-13-19(14(2)28(3)27-13)24-18(30)12-31-21-26-25-20(15-8-10-23-11-9-15)29(21)17-6-4-16(22)5-7-17/h4-11H,12H2,1-3H3,(H,24,30). The predicted molar refractivity (Wildman–Crippen MR) is 117 cm³/mol. The van der Waals surface area contributed by atoms with E-state index < -0.39 is 0 Å². The lowest BCUT2D eigenvalue weighted by atomic mass is 10.2. The molecule has 3 aromatic heterocycles. The Balaban J connectivity index is 1.60. The molecule has 0 saturated carbocycles. The molecular weight excluding hydrogens is 417 g/mol. The molecule has 8 nitrogen and oxygen atoms in total. The van der Waals surface area contributed by atoms with Gasteiger partial charge >= 0.3 is 0 Å². The third-order valence-electron chi connectivity index (χ3n) is 4.76. The predicted octanol–water partition coefficient (Wildman–Crippen LogP) is 3.55. The molecule has 0 fully saturated rings. The fraction of sp³-hybridized carbons (Fsp3) is 0.190. The fourth-order valence-corrected chi connectivity index (χ4v) is 3.89. The van der Waals surface area contributed by atoms with Crippen LogP contribution >= 0.6 is 11.8 Å². The van der Waals surface area contributed by atoms with E-state index >= 15 is 0 Å². The summed E-state index contributed by atoms with van der Waals surface area (Å²) in [5, 5.41) is 16.3. The Labute approximate surface area is 182 Å². The number of nitrogens with zero attached hydrogens (tertiary/aromatic N) is 6. The van der Waals surface area contributed by atoms with Gasteiger partial charge in [0.1, 0.15) is 5.82 Å². The Morgan fingerprint density at radius 1 is 1.10 bits per heavy atom. The van der Waals surface area contributed by atoms with E-state index in [9.17, 15) is 9.18 Å². The molecule has 0 radical (unpaired) electrons. The lowest BCUT2D eigenvalue weighted by molar-refractivity contribution is -0.113. The molecule has 0 spiro atoms. The zero-order valence-corrected chi connectivity index (χ0v) is 18.0. The SMILES string of the molecule is Cc1nn(C)c(C)c1NC(=O)CSc1nnc(-c2ccncc2)n1-c1ccc(F)cc1. The Kier molecular flexibility index (Phi) is 5.81. The van der Waals surface area contributed by atoms with Crippen molar-refractivity contribution in [2.75, 3.05) is 11.1 Å². The molecule has 158 valence electrons. The monoisotopic (exact) mass is 437 g/mol. The van der Waals surface area contributed by atoms with Crippen LogP contribution in [0, 0.1) is 19.7 Å². The van der Waals surface area contributed by atoms with Crippen molar-refractivity contribution in [1.29, 1.82) is 0 Å². The van der Waals surface area contributed by atoms with E-state index in [-0.39, 0.29) is 17.5 Å². The van der Waals surface area contributed by atoms with Crippen LogP contribution in [0.2, 0.25) is 0 Å². The van der Waals surface area contributed by atoms with Crippen LogP contribution < -0.4 is 5.32 Å². The van der Waals surface area contributed by atoms with Crippen molar-refractivity contribution >= 4 is 23.4 Å². The topological polar surface area (TPSA) is 90.5 Å². The Bertz CT molecular complexity index is 1220. The molecule has 4 aromatic rings. The van der Waals surface area contributed by atoms with Gasteiger partial charge < -0.3 is 5.32 Å². The summed E-state index contributed by atoms with van der Waals surface area (Å²) < 4.78 is 17.0. The first-order valence-corrected chi connectivity index (χ1v) is 10.5. The maximum Gasteiger partial charge on any atom is 0.234 e. The highest BCUT2D eigenvalue weighted by molar-refractivity contribution is 7.99. The second-order valence-electron chi connectivity index (χ2n) is 6.86. The highest BCUT2D eigenvalue weighted by Gasteiger charge is 2.18. The normalized spacial score (nSPS) is 11.0. The molecule has 0 aliphatic carbocycles.